The van der Waals surface area contributed by atoms with Gasteiger partial charge in [0, 0.05) is 43.4 Å². The molecule has 32 heavy (non-hydrogen) atoms. The first-order chi connectivity index (χ1) is 14.8. The predicted molar refractivity (Wildman–Crippen MR) is 107 cm³/mol. The topological polar surface area (TPSA) is 36.4 Å². The van der Waals surface area contributed by atoms with E-state index in [0.29, 0.717) is 24.0 Å². The molecule has 1 saturated heterocycles. The molecule has 0 bridgehead atoms. The number of carbonyl (C=O) groups excluding carboxylic acids is 1. The highest BCUT2D eigenvalue weighted by atomic mass is 19.4. The van der Waals surface area contributed by atoms with Crippen molar-refractivity contribution in [3.05, 3.63) is 36.0 Å². The lowest BCUT2D eigenvalue weighted by Crippen LogP contribution is -2.54. The van der Waals surface area contributed by atoms with Crippen molar-refractivity contribution >= 4 is 22.5 Å². The highest BCUT2D eigenvalue weighted by Crippen LogP contribution is 2.58. The van der Waals surface area contributed by atoms with Crippen molar-refractivity contribution in [2.75, 3.05) is 25.0 Å². The van der Waals surface area contributed by atoms with Crippen LogP contribution in [0.25, 0.3) is 10.9 Å². The molecule has 2 atom stereocenters. The number of hydrogen-bond donors (Lipinski definition) is 0. The van der Waals surface area contributed by atoms with E-state index in [1.54, 1.807) is 12.1 Å². The molecule has 0 spiro atoms. The first-order valence-corrected chi connectivity index (χ1v) is 10.4. The molecule has 2 aliphatic rings. The van der Waals surface area contributed by atoms with Gasteiger partial charge in [-0.3, -0.25) is 9.78 Å². The zero-order valence-electron chi connectivity index (χ0n) is 17.6. The van der Waals surface area contributed by atoms with E-state index in [0.717, 1.165) is 6.07 Å². The Kier molecular flexibility index (Phi) is 5.33. The highest BCUT2D eigenvalue weighted by molar-refractivity contribution is 5.94. The number of pyridine rings is 1. The van der Waals surface area contributed by atoms with Gasteiger partial charge in [-0.05, 0) is 49.4 Å². The van der Waals surface area contributed by atoms with Crippen molar-refractivity contribution in [2.45, 2.75) is 44.6 Å². The lowest BCUT2D eigenvalue weighted by Gasteiger charge is -2.43. The number of fused-ring (bicyclic) bond motifs is 1. The van der Waals surface area contributed by atoms with Crippen molar-refractivity contribution in [2.24, 2.45) is 11.3 Å². The summed E-state index contributed by atoms with van der Waals surface area (Å²) in [6, 6.07) is 4.98. The summed E-state index contributed by atoms with van der Waals surface area (Å²) in [4.78, 5) is 19.7. The van der Waals surface area contributed by atoms with Crippen LogP contribution >= 0.6 is 0 Å². The van der Waals surface area contributed by atoms with Crippen LogP contribution in [-0.4, -0.2) is 48.1 Å². The Bertz CT molecular complexity index is 1030. The Morgan fingerprint density at radius 3 is 2.41 bits per heavy atom. The number of anilines is 1. The van der Waals surface area contributed by atoms with Crippen LogP contribution in [0.4, 0.5) is 32.0 Å². The molecule has 10 heteroatoms. The molecule has 174 valence electrons. The number of alkyl halides is 6. The second-order valence-electron chi connectivity index (χ2n) is 8.93. The number of rotatable bonds is 3. The van der Waals surface area contributed by atoms with E-state index in [2.05, 4.69) is 4.98 Å². The van der Waals surface area contributed by atoms with Gasteiger partial charge in [-0.2, -0.15) is 26.3 Å². The summed E-state index contributed by atoms with van der Waals surface area (Å²) < 4.78 is 80.6. The largest absolute Gasteiger partial charge is 0.418 e. The van der Waals surface area contributed by atoms with Crippen LogP contribution < -0.4 is 4.90 Å². The molecule has 0 N–H and O–H groups in total. The number of amides is 1. The van der Waals surface area contributed by atoms with E-state index < -0.39 is 35.3 Å². The van der Waals surface area contributed by atoms with Gasteiger partial charge in [0.1, 0.15) is 5.41 Å². The molecule has 2 fully saturated rings. The van der Waals surface area contributed by atoms with Crippen molar-refractivity contribution in [3.63, 3.8) is 0 Å². The van der Waals surface area contributed by atoms with Gasteiger partial charge in [-0.1, -0.05) is 6.92 Å². The van der Waals surface area contributed by atoms with Crippen LogP contribution in [0.1, 0.15) is 31.7 Å². The van der Waals surface area contributed by atoms with E-state index in [-0.39, 0.29) is 30.8 Å². The van der Waals surface area contributed by atoms with E-state index in [9.17, 15) is 31.1 Å². The van der Waals surface area contributed by atoms with E-state index >= 15 is 0 Å². The van der Waals surface area contributed by atoms with Gasteiger partial charge in [0.15, 0.2) is 0 Å². The number of aromatic nitrogens is 1. The number of nitrogens with zero attached hydrogens (tertiary/aromatic N) is 3. The van der Waals surface area contributed by atoms with E-state index in [4.69, 9.17) is 0 Å². The average Bonchev–Trinajstić information content (AvgIpc) is 3.53. The van der Waals surface area contributed by atoms with E-state index in [1.165, 1.54) is 24.2 Å². The van der Waals surface area contributed by atoms with Gasteiger partial charge in [-0.15, -0.1) is 0 Å². The Balaban J connectivity index is 1.65. The van der Waals surface area contributed by atoms with Gasteiger partial charge in [0.25, 0.3) is 0 Å². The molecule has 1 aromatic heterocycles. The summed E-state index contributed by atoms with van der Waals surface area (Å²) in [6.07, 6.45) is -7.76. The molecule has 0 unspecified atom stereocenters. The van der Waals surface area contributed by atoms with Crippen molar-refractivity contribution in [1.29, 1.82) is 0 Å². The van der Waals surface area contributed by atoms with Crippen LogP contribution in [0.3, 0.4) is 0 Å². The summed E-state index contributed by atoms with van der Waals surface area (Å²) in [5, 5.41) is 0.318. The van der Waals surface area contributed by atoms with Crippen molar-refractivity contribution in [1.82, 2.24) is 9.88 Å². The van der Waals surface area contributed by atoms with Crippen molar-refractivity contribution in [3.8, 4) is 0 Å². The van der Waals surface area contributed by atoms with Gasteiger partial charge in [0.2, 0.25) is 5.91 Å². The minimum atomic E-state index is -4.59. The molecule has 2 aromatic rings. The zero-order valence-corrected chi connectivity index (χ0v) is 17.6. The number of benzene rings is 1. The number of piperidine rings is 1. The molecular formula is C22H23F6N3O. The van der Waals surface area contributed by atoms with Crippen LogP contribution in [0, 0.1) is 11.3 Å². The summed E-state index contributed by atoms with van der Waals surface area (Å²) in [5.74, 6) is -0.901. The number of carbonyl (C=O) groups is 1. The van der Waals surface area contributed by atoms with Crippen LogP contribution in [0.15, 0.2) is 30.5 Å². The van der Waals surface area contributed by atoms with E-state index in [1.807, 2.05) is 11.8 Å². The number of halogens is 6. The fraction of sp³-hybridized carbons (Fsp3) is 0.545. The maximum Gasteiger partial charge on any atom is 0.418 e. The number of hydrogen-bond acceptors (Lipinski definition) is 3. The first-order valence-electron chi connectivity index (χ1n) is 10.4. The second kappa shape index (κ2) is 7.52. The maximum atomic E-state index is 13.4. The Labute approximate surface area is 181 Å². The molecule has 0 radical (unpaired) electrons. The Morgan fingerprint density at radius 1 is 1.12 bits per heavy atom. The standard InChI is InChI=1S/C22H23F6N3O/c1-13-10-14(30(2)19(32)20(7-8-20)22(26,27)28)12-31(11-13)17-6-5-16(21(23,24)25)18-15(17)4-3-9-29-18/h3-6,9,13-14H,7-8,10-12H2,1-2H3/t13-,14+/m0/s1. The van der Waals surface area contributed by atoms with Crippen LogP contribution in [0.2, 0.25) is 0 Å². The maximum absolute atomic E-state index is 13.4. The fourth-order valence-electron chi connectivity index (χ4n) is 4.71. The van der Waals surface area contributed by atoms with Gasteiger partial charge in [-0.25, -0.2) is 0 Å². The van der Waals surface area contributed by atoms with Gasteiger partial charge >= 0.3 is 12.4 Å². The highest BCUT2D eigenvalue weighted by Gasteiger charge is 2.69. The lowest BCUT2D eigenvalue weighted by molar-refractivity contribution is -0.199. The lowest BCUT2D eigenvalue weighted by atomic mass is 9.92. The molecule has 1 saturated carbocycles. The quantitative estimate of drug-likeness (QED) is 0.587. The smallest absolute Gasteiger partial charge is 0.369 e. The fourth-order valence-corrected chi connectivity index (χ4v) is 4.71. The molecule has 1 aliphatic carbocycles. The Morgan fingerprint density at radius 2 is 1.81 bits per heavy atom. The third-order valence-corrected chi connectivity index (χ3v) is 6.60. The molecule has 4 nitrogen and oxygen atoms in total. The third-order valence-electron chi connectivity index (χ3n) is 6.60. The second-order valence-corrected chi connectivity index (χ2v) is 8.93. The molecule has 2 heterocycles. The van der Waals surface area contributed by atoms with Gasteiger partial charge in [0.05, 0.1) is 11.1 Å². The SMILES string of the molecule is C[C@H]1C[C@@H](N(C)C(=O)C2(C(F)(F)F)CC2)CN(c2ccc(C(F)(F)F)c3ncccc23)C1. The summed E-state index contributed by atoms with van der Waals surface area (Å²) in [5.41, 5.74) is -2.79. The summed E-state index contributed by atoms with van der Waals surface area (Å²) in [6.45, 7) is 2.66. The monoisotopic (exact) mass is 459 g/mol. The molecule has 1 aromatic carbocycles. The number of likely N-dealkylation sites (N-methyl/N-ethyl adjacent to an activating group) is 1. The Hall–Kier alpha value is -2.52. The third kappa shape index (κ3) is 3.77. The predicted octanol–water partition coefficient (Wildman–Crippen LogP) is 5.27. The average molecular weight is 459 g/mol. The molecule has 1 aliphatic heterocycles. The van der Waals surface area contributed by atoms with Crippen molar-refractivity contribution < 1.29 is 31.1 Å². The minimum absolute atomic E-state index is 0.0269. The molecule has 1 amide bonds. The van der Waals surface area contributed by atoms with Crippen LogP contribution in [-0.2, 0) is 11.0 Å². The van der Waals surface area contributed by atoms with Gasteiger partial charge < -0.3 is 9.80 Å². The summed E-state index contributed by atoms with van der Waals surface area (Å²) in [7, 11) is 1.39. The first kappa shape index (κ1) is 22.7. The normalized spacial score (nSPS) is 23.3. The summed E-state index contributed by atoms with van der Waals surface area (Å²) >= 11 is 0. The zero-order chi connectivity index (χ0) is 23.5. The molecular weight excluding hydrogens is 436 g/mol. The molecule has 4 rings (SSSR count). The van der Waals surface area contributed by atoms with Crippen LogP contribution in [0.5, 0.6) is 0 Å². The minimum Gasteiger partial charge on any atom is -0.369 e.